The lowest BCUT2D eigenvalue weighted by Gasteiger charge is -2.15. The second kappa shape index (κ2) is 10.2. The molecule has 3 aromatic rings. The van der Waals surface area contributed by atoms with Crippen LogP contribution >= 0.6 is 0 Å². The van der Waals surface area contributed by atoms with Crippen molar-refractivity contribution in [2.45, 2.75) is 38.8 Å². The Labute approximate surface area is 201 Å². The normalized spacial score (nSPS) is 15.8. The number of carbonyl (C=O) groups is 2. The van der Waals surface area contributed by atoms with E-state index in [1.807, 2.05) is 12.1 Å². The molecule has 174 valence electrons. The van der Waals surface area contributed by atoms with Crippen molar-refractivity contribution in [3.63, 3.8) is 0 Å². The van der Waals surface area contributed by atoms with Gasteiger partial charge in [-0.15, -0.1) is 0 Å². The average molecular weight is 454 g/mol. The van der Waals surface area contributed by atoms with Gasteiger partial charge in [0.1, 0.15) is 0 Å². The fourth-order valence-electron chi connectivity index (χ4n) is 4.52. The molecule has 2 fully saturated rings. The average Bonchev–Trinajstić information content (AvgIpc) is 3.61. The van der Waals surface area contributed by atoms with Crippen molar-refractivity contribution in [2.24, 2.45) is 5.92 Å². The number of nitrogens with one attached hydrogen (secondary N) is 2. The van der Waals surface area contributed by atoms with Gasteiger partial charge in [-0.25, -0.2) is 0 Å². The summed E-state index contributed by atoms with van der Waals surface area (Å²) in [5.41, 5.74) is 6.02. The summed E-state index contributed by atoms with van der Waals surface area (Å²) in [6.45, 7) is 3.86. The Hall–Kier alpha value is -3.44. The molecule has 2 N–H and O–H groups in total. The number of carbonyl (C=O) groups excluding carboxylic acids is 2. The zero-order valence-electron chi connectivity index (χ0n) is 19.4. The summed E-state index contributed by atoms with van der Waals surface area (Å²) in [6.07, 6.45) is 4.55. The lowest BCUT2D eigenvalue weighted by Crippen LogP contribution is -2.23. The molecular weight excluding hydrogens is 422 g/mol. The summed E-state index contributed by atoms with van der Waals surface area (Å²) in [7, 11) is 0. The number of benzene rings is 3. The minimum Gasteiger partial charge on any atom is -0.348 e. The van der Waals surface area contributed by atoms with Crippen LogP contribution in [0.4, 0.5) is 5.69 Å². The molecule has 0 unspecified atom stereocenters. The van der Waals surface area contributed by atoms with Crippen LogP contribution in [0.15, 0.2) is 72.8 Å². The lowest BCUT2D eigenvalue weighted by atomic mass is 9.98. The highest BCUT2D eigenvalue weighted by molar-refractivity contribution is 5.96. The molecule has 0 spiro atoms. The molecule has 5 rings (SSSR count). The van der Waals surface area contributed by atoms with Crippen LogP contribution in [0.1, 0.15) is 47.2 Å². The van der Waals surface area contributed by atoms with E-state index < -0.39 is 0 Å². The summed E-state index contributed by atoms with van der Waals surface area (Å²) in [6, 6.07) is 24.1. The summed E-state index contributed by atoms with van der Waals surface area (Å²) in [5, 5.41) is 5.94. The van der Waals surface area contributed by atoms with E-state index in [9.17, 15) is 9.59 Å². The van der Waals surface area contributed by atoms with Gasteiger partial charge < -0.3 is 10.6 Å². The maximum atomic E-state index is 12.7. The molecule has 0 bridgehead atoms. The van der Waals surface area contributed by atoms with E-state index in [0.717, 1.165) is 41.8 Å². The van der Waals surface area contributed by atoms with Gasteiger partial charge in [0, 0.05) is 30.3 Å². The van der Waals surface area contributed by atoms with E-state index in [-0.39, 0.29) is 17.7 Å². The number of rotatable bonds is 8. The first-order chi connectivity index (χ1) is 16.7. The smallest absolute Gasteiger partial charge is 0.251 e. The first-order valence-electron chi connectivity index (χ1n) is 12.2. The zero-order chi connectivity index (χ0) is 23.3. The fourth-order valence-corrected chi connectivity index (χ4v) is 4.52. The maximum absolute atomic E-state index is 12.7. The van der Waals surface area contributed by atoms with Crippen LogP contribution in [0, 0.1) is 5.92 Å². The summed E-state index contributed by atoms with van der Waals surface area (Å²) in [5.74, 6) is 0.0954. The second-order valence-electron chi connectivity index (χ2n) is 9.36. The standard InChI is InChI=1S/C29H31N3O2/c33-28(23-13-15-26(16-14-23)31-29(34)24-11-12-24)30-19-25-5-1-2-6-27(25)22-9-7-21(8-10-22)20-32-17-3-4-18-32/h1-2,5-10,13-16,24H,3-4,11-12,17-20H2,(H,30,33)(H,31,34). The van der Waals surface area contributed by atoms with Crippen molar-refractivity contribution in [1.82, 2.24) is 10.2 Å². The summed E-state index contributed by atoms with van der Waals surface area (Å²) in [4.78, 5) is 27.1. The quantitative estimate of drug-likeness (QED) is 0.491. The van der Waals surface area contributed by atoms with Gasteiger partial charge >= 0.3 is 0 Å². The van der Waals surface area contributed by atoms with Crippen molar-refractivity contribution in [1.29, 1.82) is 0 Å². The lowest BCUT2D eigenvalue weighted by molar-refractivity contribution is -0.117. The molecule has 1 saturated carbocycles. The third-order valence-corrected chi connectivity index (χ3v) is 6.69. The molecule has 0 atom stereocenters. The number of nitrogens with zero attached hydrogens (tertiary/aromatic N) is 1. The Balaban J connectivity index is 1.20. The van der Waals surface area contributed by atoms with Gasteiger partial charge in [0.2, 0.25) is 5.91 Å². The molecule has 0 aromatic heterocycles. The predicted octanol–water partition coefficient (Wildman–Crippen LogP) is 5.23. The van der Waals surface area contributed by atoms with E-state index >= 15 is 0 Å². The van der Waals surface area contributed by atoms with Gasteiger partial charge in [-0.05, 0) is 85.3 Å². The highest BCUT2D eigenvalue weighted by atomic mass is 16.2. The topological polar surface area (TPSA) is 61.4 Å². The summed E-state index contributed by atoms with van der Waals surface area (Å²) >= 11 is 0. The molecule has 5 nitrogen and oxygen atoms in total. The highest BCUT2D eigenvalue weighted by Gasteiger charge is 2.29. The third-order valence-electron chi connectivity index (χ3n) is 6.69. The molecule has 34 heavy (non-hydrogen) atoms. The number of hydrogen-bond acceptors (Lipinski definition) is 3. The molecule has 1 heterocycles. The number of amides is 2. The van der Waals surface area contributed by atoms with Gasteiger partial charge in [0.05, 0.1) is 0 Å². The van der Waals surface area contributed by atoms with Gasteiger partial charge in [-0.2, -0.15) is 0 Å². The van der Waals surface area contributed by atoms with Crippen molar-refractivity contribution in [2.75, 3.05) is 18.4 Å². The fraction of sp³-hybridized carbons (Fsp3) is 0.310. The number of hydrogen-bond donors (Lipinski definition) is 2. The Kier molecular flexibility index (Phi) is 6.72. The number of anilines is 1. The molecular formula is C29H31N3O2. The third kappa shape index (κ3) is 5.54. The minimum atomic E-state index is -0.129. The Morgan fingerprint density at radius 3 is 2.26 bits per heavy atom. The van der Waals surface area contributed by atoms with Crippen LogP contribution in [0.25, 0.3) is 11.1 Å². The molecule has 1 saturated heterocycles. The maximum Gasteiger partial charge on any atom is 0.251 e. The van der Waals surface area contributed by atoms with E-state index in [2.05, 4.69) is 51.9 Å². The van der Waals surface area contributed by atoms with Gasteiger partial charge in [-0.3, -0.25) is 14.5 Å². The van der Waals surface area contributed by atoms with Crippen LogP contribution in [0.2, 0.25) is 0 Å². The van der Waals surface area contributed by atoms with Gasteiger partial charge in [0.15, 0.2) is 0 Å². The zero-order valence-corrected chi connectivity index (χ0v) is 19.4. The van der Waals surface area contributed by atoms with E-state index in [0.29, 0.717) is 12.1 Å². The summed E-state index contributed by atoms with van der Waals surface area (Å²) < 4.78 is 0. The largest absolute Gasteiger partial charge is 0.348 e. The number of likely N-dealkylation sites (tertiary alicyclic amines) is 1. The van der Waals surface area contributed by atoms with Crippen LogP contribution in [-0.2, 0) is 17.9 Å². The Morgan fingerprint density at radius 1 is 0.853 bits per heavy atom. The molecule has 1 aliphatic heterocycles. The monoisotopic (exact) mass is 453 g/mol. The minimum absolute atomic E-state index is 0.0675. The highest BCUT2D eigenvalue weighted by Crippen LogP contribution is 2.30. The van der Waals surface area contributed by atoms with Crippen molar-refractivity contribution < 1.29 is 9.59 Å². The van der Waals surface area contributed by atoms with Gasteiger partial charge in [0.25, 0.3) is 5.91 Å². The van der Waals surface area contributed by atoms with E-state index in [1.54, 1.807) is 24.3 Å². The van der Waals surface area contributed by atoms with Gasteiger partial charge in [-0.1, -0.05) is 48.5 Å². The Bertz CT molecular complexity index is 1140. The van der Waals surface area contributed by atoms with Crippen LogP contribution in [-0.4, -0.2) is 29.8 Å². The van der Waals surface area contributed by atoms with Crippen molar-refractivity contribution >= 4 is 17.5 Å². The molecule has 2 aliphatic rings. The molecule has 0 radical (unpaired) electrons. The molecule has 5 heteroatoms. The van der Waals surface area contributed by atoms with Crippen LogP contribution in [0.5, 0.6) is 0 Å². The van der Waals surface area contributed by atoms with Crippen molar-refractivity contribution in [3.05, 3.63) is 89.5 Å². The van der Waals surface area contributed by atoms with Crippen LogP contribution < -0.4 is 10.6 Å². The predicted molar refractivity (Wildman–Crippen MR) is 135 cm³/mol. The molecule has 2 amide bonds. The SMILES string of the molecule is O=C(NCc1ccccc1-c1ccc(CN2CCCC2)cc1)c1ccc(NC(=O)C2CC2)cc1. The van der Waals surface area contributed by atoms with E-state index in [1.165, 1.54) is 31.5 Å². The van der Waals surface area contributed by atoms with Crippen LogP contribution in [0.3, 0.4) is 0 Å². The molecule has 3 aromatic carbocycles. The molecule has 1 aliphatic carbocycles. The Morgan fingerprint density at radius 2 is 1.56 bits per heavy atom. The first-order valence-corrected chi connectivity index (χ1v) is 12.2. The second-order valence-corrected chi connectivity index (χ2v) is 9.36. The first kappa shape index (κ1) is 22.4. The van der Waals surface area contributed by atoms with Crippen molar-refractivity contribution in [3.8, 4) is 11.1 Å². The van der Waals surface area contributed by atoms with E-state index in [4.69, 9.17) is 0 Å².